The number of aromatic nitrogens is 3. The molecule has 120 valence electrons. The van der Waals surface area contributed by atoms with Crippen molar-refractivity contribution in [3.8, 4) is 11.4 Å². The Morgan fingerprint density at radius 1 is 1.45 bits per heavy atom. The maximum absolute atomic E-state index is 12.0. The zero-order chi connectivity index (χ0) is 16.3. The molecule has 2 heterocycles. The lowest BCUT2D eigenvalue weighted by Crippen LogP contribution is -2.34. The highest BCUT2D eigenvalue weighted by Gasteiger charge is 2.16. The summed E-state index contributed by atoms with van der Waals surface area (Å²) in [6, 6.07) is 5.41. The second-order valence-electron chi connectivity index (χ2n) is 5.03. The third-order valence-corrected chi connectivity index (χ3v) is 5.06. The number of H-pyrrole nitrogens is 1. The molecule has 1 amide bonds. The summed E-state index contributed by atoms with van der Waals surface area (Å²) in [5.41, 5.74) is 1.82. The summed E-state index contributed by atoms with van der Waals surface area (Å²) in [4.78, 5) is 12.0. The van der Waals surface area contributed by atoms with Crippen LogP contribution in [0.4, 0.5) is 0 Å². The van der Waals surface area contributed by atoms with Crippen LogP contribution in [0.5, 0.6) is 0 Å². The van der Waals surface area contributed by atoms with E-state index in [0.717, 1.165) is 10.00 Å². The molecule has 9 heteroatoms. The van der Waals surface area contributed by atoms with Gasteiger partial charge in [0, 0.05) is 33.9 Å². The molecule has 0 aliphatic carbocycles. The van der Waals surface area contributed by atoms with Gasteiger partial charge < -0.3 is 9.88 Å². The van der Waals surface area contributed by atoms with Crippen LogP contribution >= 0.6 is 0 Å². The highest BCUT2D eigenvalue weighted by Crippen LogP contribution is 2.17. The second-order valence-corrected chi connectivity index (χ2v) is 7.33. The molecule has 22 heavy (non-hydrogen) atoms. The van der Waals surface area contributed by atoms with Crippen molar-refractivity contribution in [1.29, 1.82) is 0 Å². The molecule has 8 nitrogen and oxygen atoms in total. The molecule has 0 aliphatic heterocycles. The van der Waals surface area contributed by atoms with Gasteiger partial charge in [-0.2, -0.15) is 5.10 Å². The van der Waals surface area contributed by atoms with Gasteiger partial charge in [0.1, 0.15) is 11.4 Å². The van der Waals surface area contributed by atoms with E-state index in [4.69, 9.17) is 0 Å². The number of nitrogens with zero attached hydrogens (tertiary/aromatic N) is 3. The van der Waals surface area contributed by atoms with E-state index >= 15 is 0 Å². The maximum Gasteiger partial charge on any atom is 0.269 e. The van der Waals surface area contributed by atoms with Gasteiger partial charge in [-0.3, -0.25) is 9.89 Å². The Labute approximate surface area is 129 Å². The minimum Gasteiger partial charge on any atom is -0.350 e. The third-order valence-electron chi connectivity index (χ3n) is 3.23. The number of aromatic amines is 1. The molecule has 0 bridgehead atoms. The zero-order valence-electron chi connectivity index (χ0n) is 12.7. The first-order valence-electron chi connectivity index (χ1n) is 6.67. The largest absolute Gasteiger partial charge is 0.350 e. The molecule has 0 aromatic carbocycles. The molecule has 0 radical (unpaired) electrons. The highest BCUT2D eigenvalue weighted by atomic mass is 32.2. The van der Waals surface area contributed by atoms with Crippen molar-refractivity contribution in [2.24, 2.45) is 7.05 Å². The lowest BCUT2D eigenvalue weighted by molar-refractivity contribution is 0.0951. The van der Waals surface area contributed by atoms with Gasteiger partial charge in [0.15, 0.2) is 0 Å². The monoisotopic (exact) mass is 325 g/mol. The van der Waals surface area contributed by atoms with Gasteiger partial charge in [-0.1, -0.05) is 0 Å². The Kier molecular flexibility index (Phi) is 4.67. The normalized spacial score (nSPS) is 11.8. The van der Waals surface area contributed by atoms with Crippen molar-refractivity contribution in [3.05, 3.63) is 30.1 Å². The Morgan fingerprint density at radius 2 is 2.18 bits per heavy atom. The molecule has 0 saturated heterocycles. The number of amides is 1. The quantitative estimate of drug-likeness (QED) is 0.783. The number of aryl methyl sites for hydroxylation is 1. The first-order chi connectivity index (χ1) is 10.3. The highest BCUT2D eigenvalue weighted by molar-refractivity contribution is 7.89. The molecule has 0 atom stereocenters. The topological polar surface area (TPSA) is 100 Å². The number of rotatable bonds is 6. The van der Waals surface area contributed by atoms with Crippen LogP contribution in [-0.4, -0.2) is 59.8 Å². The summed E-state index contributed by atoms with van der Waals surface area (Å²) in [5.74, 6) is -0.535. The maximum atomic E-state index is 12.0. The molecule has 0 saturated carbocycles. The van der Waals surface area contributed by atoms with Gasteiger partial charge in [0.05, 0.1) is 11.4 Å². The number of hydrogen-bond acceptors (Lipinski definition) is 4. The molecule has 0 spiro atoms. The minimum absolute atomic E-state index is 0.0395. The van der Waals surface area contributed by atoms with Crippen molar-refractivity contribution in [1.82, 2.24) is 24.4 Å². The first kappa shape index (κ1) is 16.2. The molecule has 2 rings (SSSR count). The smallest absolute Gasteiger partial charge is 0.269 e. The van der Waals surface area contributed by atoms with Gasteiger partial charge in [0.2, 0.25) is 10.0 Å². The fourth-order valence-corrected chi connectivity index (χ4v) is 2.59. The summed E-state index contributed by atoms with van der Waals surface area (Å²) >= 11 is 0. The average Bonchev–Trinajstić information content (AvgIpc) is 3.06. The molecule has 2 aromatic rings. The standard InChI is InChI=1S/C13H19N5O3S/c1-17(2)22(20,21)8-6-14-13(19)11-9-10(15-16-11)12-5-4-7-18(12)3/h4-5,7,9H,6,8H2,1-3H3,(H,14,19)(H,15,16). The number of carbonyl (C=O) groups excluding carboxylic acids is 1. The number of nitrogens with one attached hydrogen (secondary N) is 2. The van der Waals surface area contributed by atoms with Crippen LogP contribution in [0.1, 0.15) is 10.5 Å². The fourth-order valence-electron chi connectivity index (χ4n) is 1.87. The van der Waals surface area contributed by atoms with Crippen molar-refractivity contribution in [2.45, 2.75) is 0 Å². The lowest BCUT2D eigenvalue weighted by Gasteiger charge is -2.11. The molecule has 0 aliphatic rings. The van der Waals surface area contributed by atoms with Gasteiger partial charge in [-0.25, -0.2) is 12.7 Å². The van der Waals surface area contributed by atoms with Crippen molar-refractivity contribution in [3.63, 3.8) is 0 Å². The third kappa shape index (κ3) is 3.55. The Hall–Kier alpha value is -2.13. The molecule has 0 fully saturated rings. The summed E-state index contributed by atoms with van der Waals surface area (Å²) in [6.07, 6.45) is 1.88. The number of sulfonamides is 1. The summed E-state index contributed by atoms with van der Waals surface area (Å²) in [6.45, 7) is 0.0395. The van der Waals surface area contributed by atoms with E-state index in [1.807, 2.05) is 29.9 Å². The molecular formula is C13H19N5O3S. The Balaban J connectivity index is 1.97. The van der Waals surface area contributed by atoms with E-state index in [1.165, 1.54) is 14.1 Å². The lowest BCUT2D eigenvalue weighted by atomic mass is 10.3. The van der Waals surface area contributed by atoms with Crippen molar-refractivity contribution in [2.75, 3.05) is 26.4 Å². The van der Waals surface area contributed by atoms with Crippen molar-refractivity contribution < 1.29 is 13.2 Å². The Bertz CT molecular complexity index is 760. The molecule has 2 aromatic heterocycles. The van der Waals surface area contributed by atoms with E-state index < -0.39 is 10.0 Å². The van der Waals surface area contributed by atoms with Crippen LogP contribution in [0, 0.1) is 0 Å². The van der Waals surface area contributed by atoms with E-state index in [2.05, 4.69) is 15.5 Å². The van der Waals surface area contributed by atoms with Gasteiger partial charge in [-0.05, 0) is 18.2 Å². The van der Waals surface area contributed by atoms with Crippen LogP contribution in [-0.2, 0) is 17.1 Å². The van der Waals surface area contributed by atoms with Crippen LogP contribution in [0.15, 0.2) is 24.4 Å². The van der Waals surface area contributed by atoms with Crippen LogP contribution in [0.25, 0.3) is 11.4 Å². The predicted molar refractivity (Wildman–Crippen MR) is 82.8 cm³/mol. The van der Waals surface area contributed by atoms with E-state index in [1.54, 1.807) is 6.07 Å². The SMILES string of the molecule is CN(C)S(=O)(=O)CCNC(=O)c1cc(-c2cccn2C)n[nH]1. The van der Waals surface area contributed by atoms with E-state index in [9.17, 15) is 13.2 Å². The van der Waals surface area contributed by atoms with Crippen molar-refractivity contribution >= 4 is 15.9 Å². The second kappa shape index (κ2) is 6.32. The average molecular weight is 325 g/mol. The number of carbonyl (C=O) groups is 1. The van der Waals surface area contributed by atoms with E-state index in [-0.39, 0.29) is 18.2 Å². The summed E-state index contributed by atoms with van der Waals surface area (Å²) in [5, 5.41) is 9.31. The molecular weight excluding hydrogens is 306 g/mol. The summed E-state index contributed by atoms with van der Waals surface area (Å²) in [7, 11) is 1.48. The summed E-state index contributed by atoms with van der Waals surface area (Å²) < 4.78 is 26.2. The zero-order valence-corrected chi connectivity index (χ0v) is 13.5. The number of hydrogen-bond donors (Lipinski definition) is 2. The van der Waals surface area contributed by atoms with Crippen LogP contribution in [0.3, 0.4) is 0 Å². The van der Waals surface area contributed by atoms with Gasteiger partial charge in [0.25, 0.3) is 5.91 Å². The first-order valence-corrected chi connectivity index (χ1v) is 8.27. The predicted octanol–water partition coefficient (Wildman–Crippen LogP) is 0.0364. The fraction of sp³-hybridized carbons (Fsp3) is 0.385. The minimum atomic E-state index is -3.32. The molecule has 2 N–H and O–H groups in total. The van der Waals surface area contributed by atoms with E-state index in [0.29, 0.717) is 11.4 Å². The molecule has 0 unspecified atom stereocenters. The Morgan fingerprint density at radius 3 is 2.77 bits per heavy atom. The van der Waals surface area contributed by atoms with Crippen LogP contribution < -0.4 is 5.32 Å². The van der Waals surface area contributed by atoms with Crippen LogP contribution in [0.2, 0.25) is 0 Å². The van der Waals surface area contributed by atoms with Gasteiger partial charge in [-0.15, -0.1) is 0 Å². The van der Waals surface area contributed by atoms with Gasteiger partial charge >= 0.3 is 0 Å².